The fraction of sp³-hybridized carbons (Fsp3) is 0.300. The molecule has 0 aliphatic rings. The zero-order valence-electron chi connectivity index (χ0n) is 16.6. The highest BCUT2D eigenvalue weighted by molar-refractivity contribution is 6.13. The lowest BCUT2D eigenvalue weighted by Crippen LogP contribution is -2.21. The number of nitrogens with one attached hydrogen (secondary N) is 1. The van der Waals surface area contributed by atoms with Crippen LogP contribution < -0.4 is 10.7 Å². The van der Waals surface area contributed by atoms with E-state index in [1.54, 1.807) is 20.8 Å². The van der Waals surface area contributed by atoms with E-state index in [2.05, 4.69) is 5.32 Å². The number of halogens is 1. The molecule has 0 fully saturated rings. The quantitative estimate of drug-likeness (QED) is 0.257. The summed E-state index contributed by atoms with van der Waals surface area (Å²) < 4.78 is 21.0. The molecule has 160 valence electrons. The van der Waals surface area contributed by atoms with Gasteiger partial charge in [-0.2, -0.15) is 0 Å². The lowest BCUT2D eigenvalue weighted by atomic mass is 10.1. The van der Waals surface area contributed by atoms with Crippen molar-refractivity contribution in [1.82, 2.24) is 4.57 Å². The van der Waals surface area contributed by atoms with E-state index in [0.717, 1.165) is 18.5 Å². The topological polar surface area (TPSA) is 135 Å². The third kappa shape index (κ3) is 4.65. The zero-order valence-corrected chi connectivity index (χ0v) is 16.6. The number of aromatic nitrogens is 1. The maximum absolute atomic E-state index is 14.5. The number of aryl methyl sites for hydroxylation is 1. The summed E-state index contributed by atoms with van der Waals surface area (Å²) >= 11 is 0. The van der Waals surface area contributed by atoms with Gasteiger partial charge in [0.2, 0.25) is 5.43 Å². The number of carbonyl (C=O) groups is 3. The van der Waals surface area contributed by atoms with Gasteiger partial charge in [0.05, 0.1) is 17.3 Å². The first kappa shape index (κ1) is 22.6. The van der Waals surface area contributed by atoms with Gasteiger partial charge in [-0.15, -0.1) is 0 Å². The highest BCUT2D eigenvalue weighted by Crippen LogP contribution is 2.22. The molecule has 1 aromatic carbocycles. The number of hydrogen-bond donors (Lipinski definition) is 3. The van der Waals surface area contributed by atoms with E-state index >= 15 is 0 Å². The number of anilines is 1. The second-order valence-electron chi connectivity index (χ2n) is 6.44. The number of nitrogens with zero attached hydrogens (tertiary/aromatic N) is 1. The van der Waals surface area contributed by atoms with Crippen LogP contribution >= 0.6 is 0 Å². The van der Waals surface area contributed by atoms with Gasteiger partial charge < -0.3 is 24.8 Å². The van der Waals surface area contributed by atoms with Crippen LogP contribution in [0.4, 0.5) is 10.1 Å². The van der Waals surface area contributed by atoms with E-state index in [-0.39, 0.29) is 16.6 Å². The maximum atomic E-state index is 14.5. The van der Waals surface area contributed by atoms with Crippen molar-refractivity contribution in [3.05, 3.63) is 51.7 Å². The van der Waals surface area contributed by atoms with Gasteiger partial charge in [0.15, 0.2) is 5.57 Å². The van der Waals surface area contributed by atoms with Crippen LogP contribution in [0.15, 0.2) is 34.9 Å². The monoisotopic (exact) mass is 420 g/mol. The molecule has 1 atom stereocenters. The van der Waals surface area contributed by atoms with Crippen molar-refractivity contribution >= 4 is 34.5 Å². The number of carboxylic acids is 2. The van der Waals surface area contributed by atoms with Gasteiger partial charge >= 0.3 is 17.9 Å². The van der Waals surface area contributed by atoms with Crippen LogP contribution in [-0.2, 0) is 20.9 Å². The predicted molar refractivity (Wildman–Crippen MR) is 106 cm³/mol. The van der Waals surface area contributed by atoms with Crippen molar-refractivity contribution in [2.24, 2.45) is 0 Å². The van der Waals surface area contributed by atoms with Crippen LogP contribution in [0.2, 0.25) is 0 Å². The molecule has 30 heavy (non-hydrogen) atoms. The molecule has 10 heteroatoms. The van der Waals surface area contributed by atoms with Crippen LogP contribution in [0, 0.1) is 5.82 Å². The second kappa shape index (κ2) is 9.21. The molecule has 3 N–H and O–H groups in total. The fourth-order valence-corrected chi connectivity index (χ4v) is 2.62. The minimum absolute atomic E-state index is 0.140. The van der Waals surface area contributed by atoms with Crippen molar-refractivity contribution < 1.29 is 33.7 Å². The Morgan fingerprint density at radius 2 is 1.93 bits per heavy atom. The van der Waals surface area contributed by atoms with Crippen molar-refractivity contribution in [1.29, 1.82) is 0 Å². The predicted octanol–water partition coefficient (Wildman–Crippen LogP) is 2.58. The van der Waals surface area contributed by atoms with Crippen LogP contribution in [0.1, 0.15) is 37.6 Å². The third-order valence-corrected chi connectivity index (χ3v) is 4.45. The number of esters is 1. The summed E-state index contributed by atoms with van der Waals surface area (Å²) in [6.07, 6.45) is 1.94. The lowest BCUT2D eigenvalue weighted by molar-refractivity contribution is -0.147. The molecule has 2 rings (SSSR count). The molecule has 0 spiro atoms. The van der Waals surface area contributed by atoms with Gasteiger partial charge in [-0.05, 0) is 32.4 Å². The Bertz CT molecular complexity index is 1100. The Kier molecular flexibility index (Phi) is 6.93. The van der Waals surface area contributed by atoms with Crippen LogP contribution in [0.25, 0.3) is 10.9 Å². The Morgan fingerprint density at radius 1 is 1.27 bits per heavy atom. The standard InChI is InChI=1S/C20H21FN2O7/c1-4-10(3)30-20(29)12(18(25)26)8-22-15-7-16-11(6-14(15)21)17(24)13(19(27)28)9-23(16)5-2/h6-10,22H,4-5H2,1-3H3,(H,25,26)(H,27,28). The SMILES string of the molecule is CCC(C)OC(=O)C(=CNc1cc2c(cc1F)c(=O)c(C(=O)O)cn2CC)C(=O)O. The molecule has 0 bridgehead atoms. The van der Waals surface area contributed by atoms with E-state index in [0.29, 0.717) is 13.0 Å². The zero-order chi connectivity index (χ0) is 22.6. The van der Waals surface area contributed by atoms with Crippen molar-refractivity contribution in [3.63, 3.8) is 0 Å². The van der Waals surface area contributed by atoms with Crippen molar-refractivity contribution in [2.75, 3.05) is 5.32 Å². The third-order valence-electron chi connectivity index (χ3n) is 4.45. The summed E-state index contributed by atoms with van der Waals surface area (Å²) in [5, 5.41) is 20.7. The van der Waals surface area contributed by atoms with Gasteiger partial charge in [-0.3, -0.25) is 4.79 Å². The molecule has 0 aliphatic heterocycles. The Morgan fingerprint density at radius 3 is 2.47 bits per heavy atom. The lowest BCUT2D eigenvalue weighted by Gasteiger charge is -2.13. The molecule has 0 radical (unpaired) electrons. The Balaban J connectivity index is 2.53. The summed E-state index contributed by atoms with van der Waals surface area (Å²) in [7, 11) is 0. The average molecular weight is 420 g/mol. The molecule has 2 aromatic rings. The van der Waals surface area contributed by atoms with E-state index in [4.69, 9.17) is 4.74 Å². The Hall–Kier alpha value is -3.69. The van der Waals surface area contributed by atoms with Crippen LogP contribution in [0.5, 0.6) is 0 Å². The van der Waals surface area contributed by atoms with Crippen molar-refractivity contribution in [2.45, 2.75) is 39.8 Å². The number of pyridine rings is 1. The summed E-state index contributed by atoms with van der Waals surface area (Å²) in [5.41, 5.74) is -2.04. The summed E-state index contributed by atoms with van der Waals surface area (Å²) in [5.74, 6) is -5.00. The number of aliphatic carboxylic acids is 1. The van der Waals surface area contributed by atoms with E-state index in [1.165, 1.54) is 10.6 Å². The number of carboxylic acid groups (broad SMARTS) is 2. The molecule has 1 unspecified atom stereocenters. The number of benzene rings is 1. The van der Waals surface area contributed by atoms with Gasteiger partial charge in [-0.25, -0.2) is 18.8 Å². The molecule has 1 heterocycles. The number of ether oxygens (including phenoxy) is 1. The normalized spacial score (nSPS) is 12.5. The van der Waals surface area contributed by atoms with Crippen LogP contribution in [-0.4, -0.2) is 38.8 Å². The summed E-state index contributed by atoms with van der Waals surface area (Å²) in [6, 6.07) is 2.10. The minimum atomic E-state index is -1.56. The average Bonchev–Trinajstić information content (AvgIpc) is 2.68. The van der Waals surface area contributed by atoms with Crippen molar-refractivity contribution in [3.8, 4) is 0 Å². The maximum Gasteiger partial charge on any atom is 0.347 e. The smallest absolute Gasteiger partial charge is 0.347 e. The first-order valence-corrected chi connectivity index (χ1v) is 9.11. The van der Waals surface area contributed by atoms with Gasteiger partial charge in [-0.1, -0.05) is 6.92 Å². The molecular formula is C20H21FN2O7. The number of hydrogen-bond acceptors (Lipinski definition) is 6. The Labute approximate surface area is 170 Å². The molecule has 0 aliphatic carbocycles. The summed E-state index contributed by atoms with van der Waals surface area (Å²) in [6.45, 7) is 5.36. The largest absolute Gasteiger partial charge is 0.477 e. The van der Waals surface area contributed by atoms with E-state index < -0.39 is 46.4 Å². The van der Waals surface area contributed by atoms with Crippen LogP contribution in [0.3, 0.4) is 0 Å². The molecule has 0 saturated carbocycles. The van der Waals surface area contributed by atoms with Gasteiger partial charge in [0, 0.05) is 24.3 Å². The van der Waals surface area contributed by atoms with E-state index in [9.17, 15) is 33.8 Å². The first-order valence-electron chi connectivity index (χ1n) is 9.11. The summed E-state index contributed by atoms with van der Waals surface area (Å²) in [4.78, 5) is 47.0. The number of fused-ring (bicyclic) bond motifs is 1. The highest BCUT2D eigenvalue weighted by Gasteiger charge is 2.21. The van der Waals surface area contributed by atoms with Gasteiger partial charge in [0.25, 0.3) is 0 Å². The van der Waals surface area contributed by atoms with Gasteiger partial charge in [0.1, 0.15) is 11.4 Å². The van der Waals surface area contributed by atoms with E-state index in [1.807, 2.05) is 0 Å². The number of rotatable bonds is 8. The fourth-order valence-electron chi connectivity index (χ4n) is 2.62. The minimum Gasteiger partial charge on any atom is -0.477 e. The first-order chi connectivity index (χ1) is 14.1. The second-order valence-corrected chi connectivity index (χ2v) is 6.44. The number of carbonyl (C=O) groups excluding carboxylic acids is 1. The molecular weight excluding hydrogens is 399 g/mol. The molecule has 9 nitrogen and oxygen atoms in total. The number of aromatic carboxylic acids is 1. The molecule has 0 saturated heterocycles. The highest BCUT2D eigenvalue weighted by atomic mass is 19.1. The molecule has 1 aromatic heterocycles. The molecule has 0 amide bonds.